The minimum absolute atomic E-state index is 0.0683. The van der Waals surface area contributed by atoms with Crippen LogP contribution in [0.25, 0.3) is 6.08 Å². The van der Waals surface area contributed by atoms with Crippen LogP contribution in [0.15, 0.2) is 48.5 Å². The van der Waals surface area contributed by atoms with Crippen molar-refractivity contribution in [3.8, 4) is 5.75 Å². The third kappa shape index (κ3) is 5.66. The first kappa shape index (κ1) is 19.0. The molecular weight excluding hydrogens is 349 g/mol. The van der Waals surface area contributed by atoms with E-state index in [1.54, 1.807) is 6.07 Å². The van der Waals surface area contributed by atoms with E-state index < -0.39 is 24.2 Å². The lowest BCUT2D eigenvalue weighted by Gasteiger charge is -2.08. The van der Waals surface area contributed by atoms with Gasteiger partial charge in [0.15, 0.2) is 0 Å². The second kappa shape index (κ2) is 8.70. The maximum atomic E-state index is 13.6. The van der Waals surface area contributed by atoms with Crippen molar-refractivity contribution in [2.75, 3.05) is 10.6 Å². The maximum Gasteiger partial charge on any atom is 0.387 e. The molecule has 26 heavy (non-hydrogen) atoms. The van der Waals surface area contributed by atoms with Crippen LogP contribution in [0.2, 0.25) is 0 Å². The molecule has 2 N–H and O–H groups in total. The Hall–Kier alpha value is -3.29. The molecule has 0 saturated heterocycles. The average Bonchev–Trinajstić information content (AvgIpc) is 2.56. The first-order valence-electron chi connectivity index (χ1n) is 7.45. The number of carbonyl (C=O) groups excluding carboxylic acids is 2. The minimum atomic E-state index is -2.98. The molecule has 5 nitrogen and oxygen atoms in total. The summed E-state index contributed by atoms with van der Waals surface area (Å²) in [4.78, 5) is 23.0. The van der Waals surface area contributed by atoms with Crippen LogP contribution in [-0.2, 0) is 9.59 Å². The molecule has 136 valence electrons. The van der Waals surface area contributed by atoms with Crippen molar-refractivity contribution in [1.29, 1.82) is 0 Å². The Morgan fingerprint density at radius 1 is 1.12 bits per heavy atom. The van der Waals surface area contributed by atoms with Gasteiger partial charge in [-0.1, -0.05) is 18.2 Å². The molecule has 0 fully saturated rings. The molecule has 0 aliphatic carbocycles. The molecule has 2 rings (SSSR count). The Morgan fingerprint density at radius 3 is 2.54 bits per heavy atom. The third-order valence-electron chi connectivity index (χ3n) is 3.09. The standard InChI is InChI=1S/C18H15F3N2O3/c1-11(24)22-15-10-13(7-8-14(15)19)23-17(25)9-6-12-4-2-3-5-16(12)26-18(20)21/h2-10,18H,1H3,(H,22,24)(H,23,25). The van der Waals surface area contributed by atoms with Crippen molar-refractivity contribution < 1.29 is 27.5 Å². The molecule has 0 unspecified atom stereocenters. The fourth-order valence-corrected chi connectivity index (χ4v) is 2.06. The number of amides is 2. The summed E-state index contributed by atoms with van der Waals surface area (Å²) >= 11 is 0. The zero-order chi connectivity index (χ0) is 19.1. The fraction of sp³-hybridized carbons (Fsp3) is 0.111. The van der Waals surface area contributed by atoms with Crippen LogP contribution in [0.5, 0.6) is 5.75 Å². The van der Waals surface area contributed by atoms with Gasteiger partial charge in [-0.2, -0.15) is 8.78 Å². The number of benzene rings is 2. The van der Waals surface area contributed by atoms with Gasteiger partial charge in [0.2, 0.25) is 11.8 Å². The Kier molecular flexibility index (Phi) is 6.37. The molecule has 0 aliphatic heterocycles. The van der Waals surface area contributed by atoms with E-state index in [1.165, 1.54) is 43.3 Å². The summed E-state index contributed by atoms with van der Waals surface area (Å²) in [5.41, 5.74) is 0.470. The smallest absolute Gasteiger partial charge is 0.387 e. The molecule has 0 radical (unpaired) electrons. The summed E-state index contributed by atoms with van der Waals surface area (Å²) < 4.78 is 42.7. The molecule has 2 aromatic carbocycles. The van der Waals surface area contributed by atoms with Crippen LogP contribution in [0.3, 0.4) is 0 Å². The molecule has 0 saturated carbocycles. The normalized spacial score (nSPS) is 10.8. The predicted molar refractivity (Wildman–Crippen MR) is 91.4 cm³/mol. The van der Waals surface area contributed by atoms with Crippen LogP contribution in [0.1, 0.15) is 12.5 Å². The number of carbonyl (C=O) groups is 2. The highest BCUT2D eigenvalue weighted by Gasteiger charge is 2.09. The van der Waals surface area contributed by atoms with Crippen molar-refractivity contribution in [3.05, 3.63) is 59.9 Å². The molecule has 0 heterocycles. The predicted octanol–water partition coefficient (Wildman–Crippen LogP) is 4.04. The second-order valence-corrected chi connectivity index (χ2v) is 5.11. The molecule has 2 aromatic rings. The van der Waals surface area contributed by atoms with Gasteiger partial charge in [0.05, 0.1) is 5.69 Å². The molecule has 8 heteroatoms. The van der Waals surface area contributed by atoms with Crippen molar-refractivity contribution in [2.45, 2.75) is 13.5 Å². The lowest BCUT2D eigenvalue weighted by molar-refractivity contribution is -0.114. The van der Waals surface area contributed by atoms with Gasteiger partial charge in [0.1, 0.15) is 11.6 Å². The quantitative estimate of drug-likeness (QED) is 0.761. The summed E-state index contributed by atoms with van der Waals surface area (Å²) in [5, 5.41) is 4.78. The topological polar surface area (TPSA) is 67.4 Å². The number of ether oxygens (including phenoxy) is 1. The van der Waals surface area contributed by atoms with E-state index in [2.05, 4.69) is 15.4 Å². The number of hydrogen-bond acceptors (Lipinski definition) is 3. The van der Waals surface area contributed by atoms with Gasteiger partial charge in [0, 0.05) is 24.3 Å². The maximum absolute atomic E-state index is 13.6. The first-order valence-corrected chi connectivity index (χ1v) is 7.45. The molecule has 0 atom stereocenters. The zero-order valence-electron chi connectivity index (χ0n) is 13.6. The van der Waals surface area contributed by atoms with E-state index in [4.69, 9.17) is 0 Å². The number of para-hydroxylation sites is 1. The molecule has 0 aliphatic rings. The highest BCUT2D eigenvalue weighted by atomic mass is 19.3. The number of hydrogen-bond donors (Lipinski definition) is 2. The molecule has 0 spiro atoms. The minimum Gasteiger partial charge on any atom is -0.434 e. The van der Waals surface area contributed by atoms with Gasteiger partial charge in [-0.25, -0.2) is 4.39 Å². The van der Waals surface area contributed by atoms with Gasteiger partial charge in [-0.05, 0) is 30.3 Å². The van der Waals surface area contributed by atoms with Crippen molar-refractivity contribution in [3.63, 3.8) is 0 Å². The van der Waals surface area contributed by atoms with Gasteiger partial charge in [-0.3, -0.25) is 9.59 Å². The van der Waals surface area contributed by atoms with Gasteiger partial charge in [-0.15, -0.1) is 0 Å². The third-order valence-corrected chi connectivity index (χ3v) is 3.09. The molecular formula is C18H15F3N2O3. The summed E-state index contributed by atoms with van der Waals surface area (Å²) in [7, 11) is 0. The van der Waals surface area contributed by atoms with Gasteiger partial charge < -0.3 is 15.4 Å². The lowest BCUT2D eigenvalue weighted by atomic mass is 10.2. The zero-order valence-corrected chi connectivity index (χ0v) is 13.6. The Labute approximate surface area is 147 Å². The monoisotopic (exact) mass is 364 g/mol. The van der Waals surface area contributed by atoms with Crippen LogP contribution in [-0.4, -0.2) is 18.4 Å². The SMILES string of the molecule is CC(=O)Nc1cc(NC(=O)C=Cc2ccccc2OC(F)F)ccc1F. The first-order chi connectivity index (χ1) is 12.3. The van der Waals surface area contributed by atoms with Crippen molar-refractivity contribution in [1.82, 2.24) is 0 Å². The molecule has 0 bridgehead atoms. The summed E-state index contributed by atoms with van der Waals surface area (Å²) in [6, 6.07) is 9.66. The van der Waals surface area contributed by atoms with E-state index >= 15 is 0 Å². The highest BCUT2D eigenvalue weighted by molar-refractivity contribution is 6.02. The second-order valence-electron chi connectivity index (χ2n) is 5.11. The lowest BCUT2D eigenvalue weighted by Crippen LogP contribution is -2.11. The Balaban J connectivity index is 2.10. The molecule has 0 aromatic heterocycles. The van der Waals surface area contributed by atoms with Crippen LogP contribution in [0, 0.1) is 5.82 Å². The van der Waals surface area contributed by atoms with E-state index in [1.807, 2.05) is 0 Å². The number of anilines is 2. The van der Waals surface area contributed by atoms with E-state index in [-0.39, 0.29) is 17.1 Å². The summed E-state index contributed by atoms with van der Waals surface area (Å²) in [5.74, 6) is -1.74. The van der Waals surface area contributed by atoms with E-state index in [0.29, 0.717) is 5.56 Å². The van der Waals surface area contributed by atoms with Gasteiger partial charge >= 0.3 is 6.61 Å². The van der Waals surface area contributed by atoms with E-state index in [9.17, 15) is 22.8 Å². The van der Waals surface area contributed by atoms with Crippen molar-refractivity contribution in [2.24, 2.45) is 0 Å². The van der Waals surface area contributed by atoms with Crippen molar-refractivity contribution >= 4 is 29.3 Å². The molecule has 2 amide bonds. The average molecular weight is 364 g/mol. The van der Waals surface area contributed by atoms with Crippen LogP contribution in [0.4, 0.5) is 24.5 Å². The van der Waals surface area contributed by atoms with Crippen LogP contribution >= 0.6 is 0 Å². The number of rotatable bonds is 6. The number of alkyl halides is 2. The Bertz CT molecular complexity index is 838. The summed E-state index contributed by atoms with van der Waals surface area (Å²) in [6.07, 6.45) is 2.43. The largest absolute Gasteiger partial charge is 0.434 e. The Morgan fingerprint density at radius 2 is 1.85 bits per heavy atom. The van der Waals surface area contributed by atoms with Gasteiger partial charge in [0.25, 0.3) is 0 Å². The number of halogens is 3. The summed E-state index contributed by atoms with van der Waals surface area (Å²) in [6.45, 7) is -1.75. The highest BCUT2D eigenvalue weighted by Crippen LogP contribution is 2.22. The van der Waals surface area contributed by atoms with Crippen LogP contribution < -0.4 is 15.4 Å². The number of nitrogens with one attached hydrogen (secondary N) is 2. The fourth-order valence-electron chi connectivity index (χ4n) is 2.06. The van der Waals surface area contributed by atoms with E-state index in [0.717, 1.165) is 12.1 Å².